The number of nitrogens with one attached hydrogen (secondary N) is 1. The number of carbonyl (C=O) groups is 1. The number of nitrogens with two attached hydrogens (primary N) is 1. The summed E-state index contributed by atoms with van der Waals surface area (Å²) in [5, 5.41) is 14.0. The van der Waals surface area contributed by atoms with Gasteiger partial charge < -0.3 is 16.2 Å². The van der Waals surface area contributed by atoms with Crippen LogP contribution < -0.4 is 11.1 Å². The Hall–Kier alpha value is -0.910. The van der Waals surface area contributed by atoms with E-state index < -0.39 is 12.0 Å². The molecule has 5 heteroatoms. The molecule has 0 saturated heterocycles. The largest absolute Gasteiger partial charge is 0.480 e. The van der Waals surface area contributed by atoms with Crippen molar-refractivity contribution in [3.05, 3.63) is 21.9 Å². The van der Waals surface area contributed by atoms with Gasteiger partial charge in [0.05, 0.1) is 0 Å². The molecule has 1 aromatic rings. The van der Waals surface area contributed by atoms with Crippen LogP contribution in [0.15, 0.2) is 11.4 Å². The van der Waals surface area contributed by atoms with Gasteiger partial charge in [-0.25, -0.2) is 0 Å². The van der Waals surface area contributed by atoms with Gasteiger partial charge in [-0.05, 0) is 36.3 Å². The van der Waals surface area contributed by atoms with Crippen molar-refractivity contribution in [2.24, 2.45) is 5.73 Å². The third kappa shape index (κ3) is 2.42. The molecule has 0 radical (unpaired) electrons. The van der Waals surface area contributed by atoms with Crippen LogP contribution in [0.1, 0.15) is 29.3 Å². The number of carboxylic acid groups (broad SMARTS) is 1. The number of hydrogen-bond acceptors (Lipinski definition) is 4. The number of carboxylic acids is 1. The molecule has 2 unspecified atom stereocenters. The Morgan fingerprint density at radius 2 is 2.56 bits per heavy atom. The molecule has 4 nitrogen and oxygen atoms in total. The number of aliphatic carboxylic acids is 1. The second kappa shape index (κ2) is 4.95. The second-order valence-corrected chi connectivity index (χ2v) is 5.10. The summed E-state index contributed by atoms with van der Waals surface area (Å²) in [4.78, 5) is 12.0. The maximum absolute atomic E-state index is 10.6. The first-order valence-electron chi connectivity index (χ1n) is 5.46. The van der Waals surface area contributed by atoms with Crippen LogP contribution in [0.5, 0.6) is 0 Å². The molecule has 0 amide bonds. The van der Waals surface area contributed by atoms with Crippen LogP contribution in [0, 0.1) is 0 Å². The molecule has 1 heterocycles. The minimum absolute atomic E-state index is 0.278. The Morgan fingerprint density at radius 1 is 1.75 bits per heavy atom. The second-order valence-electron chi connectivity index (χ2n) is 4.10. The quantitative estimate of drug-likeness (QED) is 0.737. The highest BCUT2D eigenvalue weighted by molar-refractivity contribution is 7.10. The number of aryl methyl sites for hydroxylation is 1. The van der Waals surface area contributed by atoms with Crippen molar-refractivity contribution in [3.63, 3.8) is 0 Å². The van der Waals surface area contributed by atoms with Gasteiger partial charge in [0.15, 0.2) is 0 Å². The summed E-state index contributed by atoms with van der Waals surface area (Å²) >= 11 is 1.78. The van der Waals surface area contributed by atoms with Gasteiger partial charge in [0, 0.05) is 17.5 Å². The molecule has 16 heavy (non-hydrogen) atoms. The van der Waals surface area contributed by atoms with Crippen molar-refractivity contribution >= 4 is 17.3 Å². The zero-order chi connectivity index (χ0) is 11.5. The molecule has 0 spiro atoms. The molecule has 0 saturated carbocycles. The summed E-state index contributed by atoms with van der Waals surface area (Å²) in [6.45, 7) is 0.329. The number of thiophene rings is 1. The summed E-state index contributed by atoms with van der Waals surface area (Å²) in [5.41, 5.74) is 6.80. The molecular formula is C11H16N2O2S. The van der Waals surface area contributed by atoms with Gasteiger partial charge in [0.2, 0.25) is 0 Å². The summed E-state index contributed by atoms with van der Waals surface area (Å²) in [5.74, 6) is -0.950. The molecule has 2 atom stereocenters. The number of rotatable bonds is 4. The first kappa shape index (κ1) is 11.6. The van der Waals surface area contributed by atoms with Crippen molar-refractivity contribution in [1.29, 1.82) is 0 Å². The fourth-order valence-electron chi connectivity index (χ4n) is 2.05. The first-order valence-corrected chi connectivity index (χ1v) is 6.34. The predicted molar refractivity (Wildman–Crippen MR) is 63.6 cm³/mol. The minimum Gasteiger partial charge on any atom is -0.480 e. The van der Waals surface area contributed by atoms with Crippen LogP contribution in [-0.4, -0.2) is 23.7 Å². The molecule has 0 aliphatic heterocycles. The van der Waals surface area contributed by atoms with E-state index in [1.165, 1.54) is 10.4 Å². The van der Waals surface area contributed by atoms with E-state index in [1.54, 1.807) is 11.3 Å². The lowest BCUT2D eigenvalue weighted by atomic mass is 9.94. The van der Waals surface area contributed by atoms with Crippen LogP contribution in [0.2, 0.25) is 0 Å². The van der Waals surface area contributed by atoms with Crippen molar-refractivity contribution in [3.8, 4) is 0 Å². The molecule has 2 rings (SSSR count). The predicted octanol–water partition coefficient (Wildman–Crippen LogP) is 1.13. The van der Waals surface area contributed by atoms with Crippen LogP contribution in [0.4, 0.5) is 0 Å². The lowest BCUT2D eigenvalue weighted by Gasteiger charge is -2.24. The summed E-state index contributed by atoms with van der Waals surface area (Å²) in [6.07, 6.45) is 3.37. The normalized spacial score (nSPS) is 21.4. The summed E-state index contributed by atoms with van der Waals surface area (Å²) in [7, 11) is 0. The van der Waals surface area contributed by atoms with Crippen LogP contribution in [-0.2, 0) is 11.2 Å². The molecule has 0 aromatic carbocycles. The van der Waals surface area contributed by atoms with Crippen LogP contribution in [0.25, 0.3) is 0 Å². The van der Waals surface area contributed by atoms with Gasteiger partial charge in [-0.1, -0.05) is 0 Å². The van der Waals surface area contributed by atoms with E-state index in [2.05, 4.69) is 16.8 Å². The molecule has 1 aliphatic carbocycles. The fourth-order valence-corrected chi connectivity index (χ4v) is 3.04. The fraction of sp³-hybridized carbons (Fsp3) is 0.545. The van der Waals surface area contributed by atoms with Crippen LogP contribution >= 0.6 is 11.3 Å². The average Bonchev–Trinajstić information content (AvgIpc) is 2.73. The number of fused-ring (bicyclic) bond motifs is 1. The zero-order valence-electron chi connectivity index (χ0n) is 8.98. The Balaban J connectivity index is 1.95. The van der Waals surface area contributed by atoms with Gasteiger partial charge in [-0.2, -0.15) is 0 Å². The van der Waals surface area contributed by atoms with E-state index in [0.717, 1.165) is 19.3 Å². The molecule has 0 fully saturated rings. The van der Waals surface area contributed by atoms with E-state index in [9.17, 15) is 4.79 Å². The Labute approximate surface area is 98.5 Å². The van der Waals surface area contributed by atoms with E-state index >= 15 is 0 Å². The minimum atomic E-state index is -0.950. The van der Waals surface area contributed by atoms with Gasteiger partial charge >= 0.3 is 5.97 Å². The molecule has 4 N–H and O–H groups in total. The van der Waals surface area contributed by atoms with Crippen molar-refractivity contribution in [2.45, 2.75) is 31.3 Å². The van der Waals surface area contributed by atoms with Gasteiger partial charge in [-0.3, -0.25) is 4.79 Å². The maximum atomic E-state index is 10.6. The SMILES string of the molecule is NC(CNC1CCCc2sccc21)C(=O)O. The zero-order valence-corrected chi connectivity index (χ0v) is 9.80. The maximum Gasteiger partial charge on any atom is 0.321 e. The van der Waals surface area contributed by atoms with Gasteiger partial charge in [0.25, 0.3) is 0 Å². The Kier molecular flexibility index (Phi) is 3.58. The monoisotopic (exact) mass is 240 g/mol. The van der Waals surface area contributed by atoms with Crippen molar-refractivity contribution in [1.82, 2.24) is 5.32 Å². The lowest BCUT2D eigenvalue weighted by molar-refractivity contribution is -0.138. The summed E-state index contributed by atoms with van der Waals surface area (Å²) in [6, 6.07) is 1.59. The number of hydrogen-bond donors (Lipinski definition) is 3. The van der Waals surface area contributed by atoms with E-state index in [0.29, 0.717) is 6.54 Å². The Morgan fingerprint density at radius 3 is 3.31 bits per heavy atom. The summed E-state index contributed by atoms with van der Waals surface area (Å²) < 4.78 is 0. The highest BCUT2D eigenvalue weighted by Crippen LogP contribution is 2.32. The van der Waals surface area contributed by atoms with E-state index in [-0.39, 0.29) is 6.04 Å². The highest BCUT2D eigenvalue weighted by Gasteiger charge is 2.22. The van der Waals surface area contributed by atoms with Crippen LogP contribution in [0.3, 0.4) is 0 Å². The topological polar surface area (TPSA) is 75.3 Å². The highest BCUT2D eigenvalue weighted by atomic mass is 32.1. The first-order chi connectivity index (χ1) is 7.68. The Bertz CT molecular complexity index is 378. The third-order valence-corrected chi connectivity index (χ3v) is 3.95. The van der Waals surface area contributed by atoms with E-state index in [4.69, 9.17) is 10.8 Å². The molecular weight excluding hydrogens is 224 g/mol. The average molecular weight is 240 g/mol. The lowest BCUT2D eigenvalue weighted by Crippen LogP contribution is -2.41. The van der Waals surface area contributed by atoms with Crippen molar-refractivity contribution in [2.75, 3.05) is 6.54 Å². The molecule has 1 aliphatic rings. The molecule has 0 bridgehead atoms. The molecule has 88 valence electrons. The third-order valence-electron chi connectivity index (χ3n) is 2.95. The van der Waals surface area contributed by atoms with E-state index in [1.807, 2.05) is 0 Å². The standard InChI is InChI=1S/C11H16N2O2S/c12-8(11(14)15)6-13-9-2-1-3-10-7(9)4-5-16-10/h4-5,8-9,13H,1-3,6,12H2,(H,14,15). The van der Waals surface area contributed by atoms with Gasteiger partial charge in [0.1, 0.15) is 6.04 Å². The van der Waals surface area contributed by atoms with Crippen molar-refractivity contribution < 1.29 is 9.90 Å². The smallest absolute Gasteiger partial charge is 0.321 e. The molecule has 1 aromatic heterocycles. The van der Waals surface area contributed by atoms with Gasteiger partial charge in [-0.15, -0.1) is 11.3 Å².